The number of nitrogens with zero attached hydrogens (tertiary/aromatic N) is 1. The molecule has 0 aliphatic rings. The summed E-state index contributed by atoms with van der Waals surface area (Å²) in [5.41, 5.74) is 6.73. The van der Waals surface area contributed by atoms with Crippen LogP contribution in [0.2, 0.25) is 5.02 Å². The van der Waals surface area contributed by atoms with Crippen molar-refractivity contribution in [2.24, 2.45) is 0 Å². The number of sulfonamides is 1. The zero-order valence-electron chi connectivity index (χ0n) is 12.3. The van der Waals surface area contributed by atoms with E-state index < -0.39 is 10.0 Å². The molecule has 8 heteroatoms. The highest BCUT2D eigenvalue weighted by Gasteiger charge is 2.21. The molecule has 0 atom stereocenters. The predicted octanol–water partition coefficient (Wildman–Crippen LogP) is 1.38. The van der Waals surface area contributed by atoms with Crippen LogP contribution in [-0.2, 0) is 14.8 Å². The number of likely N-dealkylation sites (N-methyl/N-ethyl adjacent to an activating group) is 1. The smallest absolute Gasteiger partial charge is 0.242 e. The molecule has 1 rings (SSSR count). The third kappa shape index (κ3) is 4.33. The molecule has 0 aliphatic carbocycles. The van der Waals surface area contributed by atoms with Crippen molar-refractivity contribution in [1.82, 2.24) is 9.62 Å². The van der Waals surface area contributed by atoms with E-state index in [0.29, 0.717) is 24.3 Å². The molecule has 0 bridgehead atoms. The lowest BCUT2D eigenvalue weighted by Crippen LogP contribution is -2.40. The Balaban J connectivity index is 2.93. The molecule has 3 N–H and O–H groups in total. The Kier molecular flexibility index (Phi) is 6.00. The Hall–Kier alpha value is -1.31. The van der Waals surface area contributed by atoms with Crippen LogP contribution in [0.4, 0.5) is 5.69 Å². The number of halogens is 1. The normalized spacial score (nSPS) is 11.4. The summed E-state index contributed by atoms with van der Waals surface area (Å²) < 4.78 is 26.6. The van der Waals surface area contributed by atoms with Crippen molar-refractivity contribution < 1.29 is 13.2 Å². The van der Waals surface area contributed by atoms with Gasteiger partial charge in [-0.1, -0.05) is 11.6 Å². The highest BCUT2D eigenvalue weighted by Crippen LogP contribution is 2.26. The fourth-order valence-electron chi connectivity index (χ4n) is 1.80. The fraction of sp³-hybridized carbons (Fsp3) is 0.462. The average Bonchev–Trinajstić information content (AvgIpc) is 2.42. The first-order chi connectivity index (χ1) is 9.72. The highest BCUT2D eigenvalue weighted by molar-refractivity contribution is 7.89. The molecular formula is C13H20ClN3O3S. The number of rotatable bonds is 6. The van der Waals surface area contributed by atoms with E-state index in [1.54, 1.807) is 6.92 Å². The second-order valence-corrected chi connectivity index (χ2v) is 6.67. The number of anilines is 1. The number of carbonyl (C=O) groups is 1. The van der Waals surface area contributed by atoms with Crippen LogP contribution < -0.4 is 10.5 Å². The Bertz CT molecular complexity index is 628. The van der Waals surface area contributed by atoms with Gasteiger partial charge in [0.25, 0.3) is 0 Å². The predicted molar refractivity (Wildman–Crippen MR) is 83.7 cm³/mol. The van der Waals surface area contributed by atoms with Crippen LogP contribution in [-0.4, -0.2) is 38.9 Å². The van der Waals surface area contributed by atoms with Gasteiger partial charge in [-0.3, -0.25) is 4.79 Å². The standard InChI is InChI=1S/C13H20ClN3O3S/c1-4-17(5-2)13(18)8-16-21(19,20)12-7-11(15)9(3)6-10(12)14/h6-7,16H,4-5,8,15H2,1-3H3. The lowest BCUT2D eigenvalue weighted by Gasteiger charge is -2.19. The maximum atomic E-state index is 12.2. The van der Waals surface area contributed by atoms with Gasteiger partial charge in [-0.15, -0.1) is 0 Å². The first kappa shape index (κ1) is 17.7. The van der Waals surface area contributed by atoms with Gasteiger partial charge in [-0.25, -0.2) is 13.1 Å². The van der Waals surface area contributed by atoms with Crippen LogP contribution in [0.15, 0.2) is 17.0 Å². The van der Waals surface area contributed by atoms with Crippen molar-refractivity contribution in [3.63, 3.8) is 0 Å². The molecule has 6 nitrogen and oxygen atoms in total. The Morgan fingerprint density at radius 1 is 1.33 bits per heavy atom. The minimum atomic E-state index is -3.88. The largest absolute Gasteiger partial charge is 0.398 e. The van der Waals surface area contributed by atoms with E-state index in [1.165, 1.54) is 17.0 Å². The number of benzene rings is 1. The van der Waals surface area contributed by atoms with Gasteiger partial charge in [-0.05, 0) is 38.5 Å². The Labute approximate surface area is 130 Å². The van der Waals surface area contributed by atoms with Crippen molar-refractivity contribution >= 4 is 33.2 Å². The molecule has 0 aliphatic heterocycles. The topological polar surface area (TPSA) is 92.5 Å². The summed E-state index contributed by atoms with van der Waals surface area (Å²) in [5.74, 6) is -0.292. The van der Waals surface area contributed by atoms with Gasteiger partial charge in [0, 0.05) is 18.8 Å². The molecule has 1 aromatic carbocycles. The number of nitrogens with one attached hydrogen (secondary N) is 1. The second-order valence-electron chi connectivity index (χ2n) is 4.53. The maximum Gasteiger partial charge on any atom is 0.242 e. The average molecular weight is 334 g/mol. The molecule has 0 saturated heterocycles. The quantitative estimate of drug-likeness (QED) is 0.769. The van der Waals surface area contributed by atoms with Gasteiger partial charge in [0.2, 0.25) is 15.9 Å². The number of nitrogens with two attached hydrogens (primary N) is 1. The van der Waals surface area contributed by atoms with Crippen molar-refractivity contribution in [3.8, 4) is 0 Å². The van der Waals surface area contributed by atoms with Gasteiger partial charge in [-0.2, -0.15) is 0 Å². The molecule has 0 fully saturated rings. The lowest BCUT2D eigenvalue weighted by atomic mass is 10.2. The maximum absolute atomic E-state index is 12.2. The minimum Gasteiger partial charge on any atom is -0.398 e. The van der Waals surface area contributed by atoms with Crippen molar-refractivity contribution in [2.45, 2.75) is 25.7 Å². The van der Waals surface area contributed by atoms with Crippen LogP contribution in [0.25, 0.3) is 0 Å². The van der Waals surface area contributed by atoms with Crippen LogP contribution in [0, 0.1) is 6.92 Å². The van der Waals surface area contributed by atoms with Crippen molar-refractivity contribution in [3.05, 3.63) is 22.7 Å². The summed E-state index contributed by atoms with van der Waals surface area (Å²) in [7, 11) is -3.88. The monoisotopic (exact) mass is 333 g/mol. The molecule has 118 valence electrons. The van der Waals surface area contributed by atoms with E-state index >= 15 is 0 Å². The SMILES string of the molecule is CCN(CC)C(=O)CNS(=O)(=O)c1cc(N)c(C)cc1Cl. The number of aryl methyl sites for hydroxylation is 1. The van der Waals surface area contributed by atoms with E-state index in [1.807, 2.05) is 13.8 Å². The summed E-state index contributed by atoms with van der Waals surface area (Å²) in [6.45, 7) is 6.12. The van der Waals surface area contributed by atoms with E-state index in [9.17, 15) is 13.2 Å². The van der Waals surface area contributed by atoms with Crippen LogP contribution >= 0.6 is 11.6 Å². The van der Waals surface area contributed by atoms with Gasteiger partial charge in [0.15, 0.2) is 0 Å². The number of nitrogen functional groups attached to an aromatic ring is 1. The third-order valence-corrected chi connectivity index (χ3v) is 5.01. The molecule has 0 aromatic heterocycles. The number of carbonyl (C=O) groups excluding carboxylic acids is 1. The van der Waals surface area contributed by atoms with E-state index in [4.69, 9.17) is 17.3 Å². The Morgan fingerprint density at radius 2 is 1.90 bits per heavy atom. The van der Waals surface area contributed by atoms with E-state index in [-0.39, 0.29) is 22.4 Å². The third-order valence-electron chi connectivity index (χ3n) is 3.14. The lowest BCUT2D eigenvalue weighted by molar-refractivity contribution is -0.129. The second kappa shape index (κ2) is 7.11. The molecule has 0 spiro atoms. The van der Waals surface area contributed by atoms with Gasteiger partial charge >= 0.3 is 0 Å². The van der Waals surface area contributed by atoms with Crippen LogP contribution in [0.3, 0.4) is 0 Å². The summed E-state index contributed by atoms with van der Waals surface area (Å²) in [6, 6.07) is 2.78. The highest BCUT2D eigenvalue weighted by atomic mass is 35.5. The molecule has 1 aromatic rings. The summed E-state index contributed by atoms with van der Waals surface area (Å²) in [4.78, 5) is 13.2. The number of amides is 1. The van der Waals surface area contributed by atoms with Crippen LogP contribution in [0.5, 0.6) is 0 Å². The molecule has 0 radical (unpaired) electrons. The zero-order chi connectivity index (χ0) is 16.2. The van der Waals surface area contributed by atoms with E-state index in [0.717, 1.165) is 0 Å². The molecule has 1 amide bonds. The van der Waals surface area contributed by atoms with Gasteiger partial charge in [0.05, 0.1) is 11.6 Å². The molecule has 0 saturated carbocycles. The zero-order valence-corrected chi connectivity index (χ0v) is 13.9. The fourth-order valence-corrected chi connectivity index (χ4v) is 3.39. The van der Waals surface area contributed by atoms with Gasteiger partial charge < -0.3 is 10.6 Å². The first-order valence-electron chi connectivity index (χ1n) is 6.56. The van der Waals surface area contributed by atoms with E-state index in [2.05, 4.69) is 4.72 Å². The first-order valence-corrected chi connectivity index (χ1v) is 8.42. The molecule has 0 unspecified atom stereocenters. The molecule has 0 heterocycles. The summed E-state index contributed by atoms with van der Waals surface area (Å²) in [5, 5.41) is 0.0736. The molecular weight excluding hydrogens is 314 g/mol. The van der Waals surface area contributed by atoms with Crippen molar-refractivity contribution in [1.29, 1.82) is 0 Å². The summed E-state index contributed by atoms with van der Waals surface area (Å²) >= 11 is 5.95. The minimum absolute atomic E-state index is 0.0736. The van der Waals surface area contributed by atoms with Crippen molar-refractivity contribution in [2.75, 3.05) is 25.4 Å². The number of hydrogen-bond donors (Lipinski definition) is 2. The molecule has 21 heavy (non-hydrogen) atoms. The van der Waals surface area contributed by atoms with Gasteiger partial charge in [0.1, 0.15) is 4.90 Å². The Morgan fingerprint density at radius 3 is 2.43 bits per heavy atom. The van der Waals surface area contributed by atoms with Crippen LogP contribution in [0.1, 0.15) is 19.4 Å². The number of hydrogen-bond acceptors (Lipinski definition) is 4. The summed E-state index contributed by atoms with van der Waals surface area (Å²) in [6.07, 6.45) is 0.